The Morgan fingerprint density at radius 2 is 1.92 bits per heavy atom. The van der Waals surface area contributed by atoms with E-state index in [4.69, 9.17) is 0 Å². The largest absolute Gasteiger partial charge is 3.00 e. The van der Waals surface area contributed by atoms with Gasteiger partial charge in [-0.3, -0.25) is 4.98 Å². The fourth-order valence-electron chi connectivity index (χ4n) is 1.25. The molecular formula is C10H9N2Y+2. The molecule has 0 amide bonds. The van der Waals surface area contributed by atoms with E-state index in [0.29, 0.717) is 0 Å². The summed E-state index contributed by atoms with van der Waals surface area (Å²) in [5, 5.41) is 0. The average Bonchev–Trinajstić information content (AvgIpc) is 2.17. The normalized spacial score (nSPS) is 9.31. The van der Waals surface area contributed by atoms with Crippen LogP contribution in [0.15, 0.2) is 30.6 Å². The minimum absolute atomic E-state index is 0. The third kappa shape index (κ3) is 2.06. The number of aromatic nitrogens is 2. The van der Waals surface area contributed by atoms with Crippen molar-refractivity contribution in [1.82, 2.24) is 9.97 Å². The van der Waals surface area contributed by atoms with E-state index in [1.807, 2.05) is 31.5 Å². The van der Waals surface area contributed by atoms with Crippen LogP contribution >= 0.6 is 0 Å². The summed E-state index contributed by atoms with van der Waals surface area (Å²) in [5.41, 5.74) is 3.07. The van der Waals surface area contributed by atoms with E-state index in [2.05, 4.69) is 9.97 Å². The molecular weight excluding hydrogens is 237 g/mol. The Morgan fingerprint density at radius 3 is 2.69 bits per heavy atom. The molecule has 0 spiro atoms. The molecule has 13 heavy (non-hydrogen) atoms. The first-order valence-electron chi connectivity index (χ1n) is 3.91. The Hall–Kier alpha value is -0.466. The smallest absolute Gasteiger partial charge is 0.317 e. The van der Waals surface area contributed by atoms with Gasteiger partial charge in [0.25, 0.3) is 0 Å². The zero-order valence-corrected chi connectivity index (χ0v) is 10.3. The van der Waals surface area contributed by atoms with Gasteiger partial charge in [-0.25, -0.2) is 0 Å². The van der Waals surface area contributed by atoms with Gasteiger partial charge < -0.3 is 4.98 Å². The molecule has 0 bridgehead atoms. The van der Waals surface area contributed by atoms with Gasteiger partial charge in [-0.2, -0.15) is 18.1 Å². The van der Waals surface area contributed by atoms with E-state index in [9.17, 15) is 0 Å². The summed E-state index contributed by atoms with van der Waals surface area (Å²) in [6.07, 6.45) is 5.47. The number of fused-ring (bicyclic) bond motifs is 1. The molecule has 0 N–H and O–H groups in total. The Bertz CT molecular complexity index is 396. The van der Waals surface area contributed by atoms with Crippen LogP contribution < -0.4 is 0 Å². The van der Waals surface area contributed by atoms with Crippen LogP contribution in [0.1, 0.15) is 12.5 Å². The van der Waals surface area contributed by atoms with Gasteiger partial charge in [0.1, 0.15) is 0 Å². The predicted molar refractivity (Wildman–Crippen MR) is 48.6 cm³/mol. The summed E-state index contributed by atoms with van der Waals surface area (Å²) in [6, 6.07) is 6.00. The van der Waals surface area contributed by atoms with Gasteiger partial charge in [0.15, 0.2) is 0 Å². The molecule has 0 radical (unpaired) electrons. The quantitative estimate of drug-likeness (QED) is 0.721. The third-order valence-corrected chi connectivity index (χ3v) is 1.84. The zero-order chi connectivity index (χ0) is 8.39. The Morgan fingerprint density at radius 1 is 1.15 bits per heavy atom. The van der Waals surface area contributed by atoms with Gasteiger partial charge in [0.05, 0.1) is 0 Å². The number of benzene rings is 1. The van der Waals surface area contributed by atoms with E-state index in [1.165, 1.54) is 0 Å². The SMILES string of the molecule is C[CH-]c1cccc2nccnc12.[Y+3]. The molecule has 0 aliphatic heterocycles. The van der Waals surface area contributed by atoms with Crippen molar-refractivity contribution >= 4 is 11.0 Å². The van der Waals surface area contributed by atoms with Crippen LogP contribution in [-0.4, -0.2) is 9.97 Å². The molecule has 1 aromatic carbocycles. The second kappa shape index (κ2) is 4.68. The molecule has 0 saturated carbocycles. The first-order chi connectivity index (χ1) is 5.92. The third-order valence-electron chi connectivity index (χ3n) is 1.84. The Kier molecular flexibility index (Phi) is 3.82. The number of para-hydroxylation sites is 1. The summed E-state index contributed by atoms with van der Waals surface area (Å²) in [5.74, 6) is 0. The van der Waals surface area contributed by atoms with E-state index in [0.717, 1.165) is 16.6 Å². The summed E-state index contributed by atoms with van der Waals surface area (Å²) in [4.78, 5) is 8.47. The number of nitrogens with zero attached hydrogens (tertiary/aromatic N) is 2. The van der Waals surface area contributed by atoms with Gasteiger partial charge in [0.2, 0.25) is 0 Å². The second-order valence-corrected chi connectivity index (χ2v) is 2.56. The number of rotatable bonds is 1. The van der Waals surface area contributed by atoms with Crippen molar-refractivity contribution in [2.45, 2.75) is 6.92 Å². The van der Waals surface area contributed by atoms with Crippen LogP contribution in [0, 0.1) is 6.42 Å². The molecule has 2 aromatic rings. The van der Waals surface area contributed by atoms with Crippen molar-refractivity contribution in [2.24, 2.45) is 0 Å². The maximum absolute atomic E-state index is 4.26. The van der Waals surface area contributed by atoms with Crippen LogP contribution in [-0.2, 0) is 32.7 Å². The van der Waals surface area contributed by atoms with E-state index >= 15 is 0 Å². The molecule has 0 aliphatic carbocycles. The number of hydrogen-bond donors (Lipinski definition) is 0. The maximum atomic E-state index is 4.26. The van der Waals surface area contributed by atoms with Gasteiger partial charge in [-0.15, -0.1) is 6.07 Å². The first kappa shape index (κ1) is 10.6. The van der Waals surface area contributed by atoms with Crippen molar-refractivity contribution in [2.75, 3.05) is 0 Å². The summed E-state index contributed by atoms with van der Waals surface area (Å²) >= 11 is 0. The van der Waals surface area contributed by atoms with E-state index < -0.39 is 0 Å². The van der Waals surface area contributed by atoms with Crippen LogP contribution in [0.5, 0.6) is 0 Å². The van der Waals surface area contributed by atoms with Gasteiger partial charge in [0, 0.05) is 17.9 Å². The second-order valence-electron chi connectivity index (χ2n) is 2.56. The van der Waals surface area contributed by atoms with Crippen LogP contribution in [0.2, 0.25) is 0 Å². The Balaban J connectivity index is 0.000000845. The molecule has 2 nitrogen and oxygen atoms in total. The molecule has 0 saturated heterocycles. The molecule has 60 valence electrons. The fraction of sp³-hybridized carbons (Fsp3) is 0.100. The van der Waals surface area contributed by atoms with Gasteiger partial charge in [-0.05, 0) is 5.52 Å². The maximum Gasteiger partial charge on any atom is 3.00 e. The standard InChI is InChI=1S/C10H9N2.Y/c1-2-8-4-3-5-9-10(8)12-7-6-11-9;/h2-7H,1H3;/q-1;+3. The minimum Gasteiger partial charge on any atom is -0.317 e. The summed E-state index contributed by atoms with van der Waals surface area (Å²) in [7, 11) is 0. The molecule has 0 fully saturated rings. The van der Waals surface area contributed by atoms with Gasteiger partial charge >= 0.3 is 32.7 Å². The Labute approximate surface area is 103 Å². The van der Waals surface area contributed by atoms with Gasteiger partial charge in [-0.1, -0.05) is 13.0 Å². The molecule has 0 aliphatic rings. The summed E-state index contributed by atoms with van der Waals surface area (Å²) in [6.45, 7) is 2.00. The molecule has 1 heterocycles. The molecule has 0 atom stereocenters. The van der Waals surface area contributed by atoms with Crippen molar-refractivity contribution in [3.8, 4) is 0 Å². The van der Waals surface area contributed by atoms with Crippen molar-refractivity contribution in [3.05, 3.63) is 42.6 Å². The topological polar surface area (TPSA) is 25.8 Å². The monoisotopic (exact) mass is 246 g/mol. The van der Waals surface area contributed by atoms with Crippen LogP contribution in [0.3, 0.4) is 0 Å². The van der Waals surface area contributed by atoms with E-state index in [1.54, 1.807) is 12.4 Å². The van der Waals surface area contributed by atoms with Crippen LogP contribution in [0.25, 0.3) is 11.0 Å². The predicted octanol–water partition coefficient (Wildman–Crippen LogP) is 2.20. The van der Waals surface area contributed by atoms with Crippen molar-refractivity contribution in [3.63, 3.8) is 0 Å². The molecule has 1 aromatic heterocycles. The summed E-state index contributed by atoms with van der Waals surface area (Å²) < 4.78 is 0. The van der Waals surface area contributed by atoms with E-state index in [-0.39, 0.29) is 32.7 Å². The van der Waals surface area contributed by atoms with Crippen molar-refractivity contribution < 1.29 is 32.7 Å². The average molecular weight is 246 g/mol. The minimum atomic E-state index is 0. The van der Waals surface area contributed by atoms with Crippen LogP contribution in [0.4, 0.5) is 0 Å². The fourth-order valence-corrected chi connectivity index (χ4v) is 1.25. The zero-order valence-electron chi connectivity index (χ0n) is 7.44. The molecule has 3 heteroatoms. The first-order valence-corrected chi connectivity index (χ1v) is 3.91. The molecule has 0 unspecified atom stereocenters. The van der Waals surface area contributed by atoms with Crippen molar-refractivity contribution in [1.29, 1.82) is 0 Å². The molecule has 2 rings (SSSR count). The number of hydrogen-bond acceptors (Lipinski definition) is 2.